The summed E-state index contributed by atoms with van der Waals surface area (Å²) in [6.07, 6.45) is 0. The van der Waals surface area contributed by atoms with Crippen molar-refractivity contribution in [2.75, 3.05) is 37.7 Å². The smallest absolute Gasteiger partial charge is 0.325 e. The maximum absolute atomic E-state index is 12.0. The molecule has 0 atom stereocenters. The molecule has 0 spiro atoms. The molecular formula is C14H17ClN2O3. The maximum atomic E-state index is 12.0. The highest BCUT2D eigenvalue weighted by atomic mass is 35.5. The van der Waals surface area contributed by atoms with Crippen LogP contribution in [0.15, 0.2) is 24.3 Å². The zero-order valence-electron chi connectivity index (χ0n) is 11.3. The van der Waals surface area contributed by atoms with E-state index in [-0.39, 0.29) is 25.0 Å². The van der Waals surface area contributed by atoms with E-state index in [0.717, 1.165) is 5.69 Å². The molecule has 1 heterocycles. The number of esters is 1. The van der Waals surface area contributed by atoms with Gasteiger partial charge < -0.3 is 14.5 Å². The first-order valence-corrected chi connectivity index (χ1v) is 6.92. The van der Waals surface area contributed by atoms with E-state index in [1.54, 1.807) is 19.1 Å². The molecule has 6 heteroatoms. The number of carbonyl (C=O) groups excluding carboxylic acids is 2. The number of piperazine rings is 1. The van der Waals surface area contributed by atoms with Gasteiger partial charge in [0.05, 0.1) is 13.2 Å². The standard InChI is InChI=1S/C14H17ClN2O3/c1-2-20-14(19)10-17-8-7-16(9-13(17)18)12-5-3-11(15)4-6-12/h3-6H,2,7-10H2,1H3. The van der Waals surface area contributed by atoms with Gasteiger partial charge in [-0.3, -0.25) is 9.59 Å². The molecule has 1 aliphatic rings. The SMILES string of the molecule is CCOC(=O)CN1CCN(c2ccc(Cl)cc2)CC1=O. The lowest BCUT2D eigenvalue weighted by molar-refractivity contribution is -0.149. The van der Waals surface area contributed by atoms with Crippen molar-refractivity contribution in [3.8, 4) is 0 Å². The van der Waals surface area contributed by atoms with Crippen molar-refractivity contribution in [3.63, 3.8) is 0 Å². The zero-order valence-corrected chi connectivity index (χ0v) is 12.1. The number of rotatable bonds is 4. The average molecular weight is 297 g/mol. The van der Waals surface area contributed by atoms with Crippen molar-refractivity contribution < 1.29 is 14.3 Å². The Bertz CT molecular complexity index is 490. The number of halogens is 1. The van der Waals surface area contributed by atoms with Gasteiger partial charge in [0.2, 0.25) is 5.91 Å². The molecule has 0 radical (unpaired) electrons. The molecule has 0 N–H and O–H groups in total. The Hall–Kier alpha value is -1.75. The van der Waals surface area contributed by atoms with Gasteiger partial charge in [-0.1, -0.05) is 11.6 Å². The third kappa shape index (κ3) is 3.63. The molecule has 1 aromatic carbocycles. The van der Waals surface area contributed by atoms with Gasteiger partial charge in [-0.15, -0.1) is 0 Å². The minimum atomic E-state index is -0.360. The molecule has 108 valence electrons. The molecule has 0 unspecified atom stereocenters. The number of nitrogens with zero attached hydrogens (tertiary/aromatic N) is 2. The van der Waals surface area contributed by atoms with Crippen LogP contribution in [0.4, 0.5) is 5.69 Å². The quantitative estimate of drug-likeness (QED) is 0.791. The number of hydrogen-bond donors (Lipinski definition) is 0. The Labute approximate surface area is 123 Å². The predicted octanol–water partition coefficient (Wildman–Crippen LogP) is 1.55. The first kappa shape index (κ1) is 14.7. The topological polar surface area (TPSA) is 49.9 Å². The Morgan fingerprint density at radius 2 is 2.00 bits per heavy atom. The number of ether oxygens (including phenoxy) is 1. The summed E-state index contributed by atoms with van der Waals surface area (Å²) < 4.78 is 4.86. The summed E-state index contributed by atoms with van der Waals surface area (Å²) in [5, 5.41) is 0.668. The highest BCUT2D eigenvalue weighted by Crippen LogP contribution is 2.19. The summed E-state index contributed by atoms with van der Waals surface area (Å²) >= 11 is 5.84. The van der Waals surface area contributed by atoms with Crippen LogP contribution < -0.4 is 4.90 Å². The fraction of sp³-hybridized carbons (Fsp3) is 0.429. The summed E-state index contributed by atoms with van der Waals surface area (Å²) in [4.78, 5) is 26.9. The molecule has 5 nitrogen and oxygen atoms in total. The van der Waals surface area contributed by atoms with Crippen LogP contribution in [0.2, 0.25) is 5.02 Å². The maximum Gasteiger partial charge on any atom is 0.325 e. The Morgan fingerprint density at radius 3 is 2.60 bits per heavy atom. The summed E-state index contributed by atoms with van der Waals surface area (Å²) in [5.74, 6) is -0.431. The molecular weight excluding hydrogens is 280 g/mol. The van der Waals surface area contributed by atoms with Gasteiger partial charge in [0.25, 0.3) is 0 Å². The van der Waals surface area contributed by atoms with Crippen molar-refractivity contribution in [2.45, 2.75) is 6.92 Å². The fourth-order valence-corrected chi connectivity index (χ4v) is 2.24. The average Bonchev–Trinajstić information content (AvgIpc) is 2.42. The third-order valence-corrected chi connectivity index (χ3v) is 3.39. The first-order valence-electron chi connectivity index (χ1n) is 6.54. The lowest BCUT2D eigenvalue weighted by Crippen LogP contribution is -2.52. The molecule has 2 rings (SSSR count). The molecule has 0 bridgehead atoms. The first-order chi connectivity index (χ1) is 9.60. The molecule has 0 aliphatic carbocycles. The highest BCUT2D eigenvalue weighted by molar-refractivity contribution is 6.30. The molecule has 0 saturated carbocycles. The van der Waals surface area contributed by atoms with Crippen LogP contribution in [-0.4, -0.2) is 49.6 Å². The zero-order chi connectivity index (χ0) is 14.5. The van der Waals surface area contributed by atoms with Crippen LogP contribution in [0.1, 0.15) is 6.92 Å². The molecule has 1 amide bonds. The second kappa shape index (κ2) is 6.61. The van der Waals surface area contributed by atoms with E-state index >= 15 is 0 Å². The van der Waals surface area contributed by atoms with Crippen LogP contribution in [0, 0.1) is 0 Å². The normalized spacial score (nSPS) is 15.4. The molecule has 1 aliphatic heterocycles. The molecule has 1 aromatic rings. The van der Waals surface area contributed by atoms with E-state index in [1.165, 1.54) is 4.90 Å². The second-order valence-corrected chi connectivity index (χ2v) is 4.95. The molecule has 20 heavy (non-hydrogen) atoms. The van der Waals surface area contributed by atoms with Crippen LogP contribution in [0.25, 0.3) is 0 Å². The Morgan fingerprint density at radius 1 is 1.30 bits per heavy atom. The van der Waals surface area contributed by atoms with Gasteiger partial charge in [-0.2, -0.15) is 0 Å². The van der Waals surface area contributed by atoms with Crippen LogP contribution in [-0.2, 0) is 14.3 Å². The van der Waals surface area contributed by atoms with E-state index in [4.69, 9.17) is 16.3 Å². The van der Waals surface area contributed by atoms with E-state index < -0.39 is 0 Å². The van der Waals surface area contributed by atoms with Crippen molar-refractivity contribution in [1.82, 2.24) is 4.90 Å². The predicted molar refractivity (Wildman–Crippen MR) is 76.9 cm³/mol. The Balaban J connectivity index is 1.93. The van der Waals surface area contributed by atoms with E-state index in [2.05, 4.69) is 0 Å². The lowest BCUT2D eigenvalue weighted by atomic mass is 10.2. The summed E-state index contributed by atoms with van der Waals surface area (Å²) in [5.41, 5.74) is 0.957. The third-order valence-electron chi connectivity index (χ3n) is 3.14. The largest absolute Gasteiger partial charge is 0.465 e. The second-order valence-electron chi connectivity index (χ2n) is 4.52. The van der Waals surface area contributed by atoms with Crippen LogP contribution in [0.5, 0.6) is 0 Å². The van der Waals surface area contributed by atoms with Crippen molar-refractivity contribution in [1.29, 1.82) is 0 Å². The highest BCUT2D eigenvalue weighted by Gasteiger charge is 2.25. The number of hydrogen-bond acceptors (Lipinski definition) is 4. The van der Waals surface area contributed by atoms with E-state index in [1.807, 2.05) is 17.0 Å². The van der Waals surface area contributed by atoms with Gasteiger partial charge in [-0.05, 0) is 31.2 Å². The Kier molecular flexibility index (Phi) is 4.84. The molecule has 0 aromatic heterocycles. The minimum absolute atomic E-state index is 0.0289. The minimum Gasteiger partial charge on any atom is -0.465 e. The van der Waals surface area contributed by atoms with Crippen LogP contribution in [0.3, 0.4) is 0 Å². The van der Waals surface area contributed by atoms with Gasteiger partial charge >= 0.3 is 5.97 Å². The summed E-state index contributed by atoms with van der Waals surface area (Å²) in [6.45, 7) is 3.57. The summed E-state index contributed by atoms with van der Waals surface area (Å²) in [6, 6.07) is 7.37. The van der Waals surface area contributed by atoms with Crippen molar-refractivity contribution >= 4 is 29.2 Å². The van der Waals surface area contributed by atoms with E-state index in [0.29, 0.717) is 24.7 Å². The van der Waals surface area contributed by atoms with Gasteiger partial charge in [-0.25, -0.2) is 0 Å². The van der Waals surface area contributed by atoms with Crippen molar-refractivity contribution in [2.24, 2.45) is 0 Å². The monoisotopic (exact) mass is 296 g/mol. The van der Waals surface area contributed by atoms with Crippen molar-refractivity contribution in [3.05, 3.63) is 29.3 Å². The summed E-state index contributed by atoms with van der Waals surface area (Å²) in [7, 11) is 0. The number of benzene rings is 1. The number of amides is 1. The fourth-order valence-electron chi connectivity index (χ4n) is 2.11. The number of anilines is 1. The van der Waals surface area contributed by atoms with Crippen LogP contribution >= 0.6 is 11.6 Å². The van der Waals surface area contributed by atoms with Gasteiger partial charge in [0.15, 0.2) is 0 Å². The molecule has 1 saturated heterocycles. The lowest BCUT2D eigenvalue weighted by Gasteiger charge is -2.35. The number of carbonyl (C=O) groups is 2. The van der Waals surface area contributed by atoms with E-state index in [9.17, 15) is 9.59 Å². The molecule has 1 fully saturated rings. The van der Waals surface area contributed by atoms with Gasteiger partial charge in [0.1, 0.15) is 6.54 Å². The van der Waals surface area contributed by atoms with Gasteiger partial charge in [0, 0.05) is 23.8 Å².